The molecule has 1 aromatic carbocycles. The molecule has 0 radical (unpaired) electrons. The normalized spacial score (nSPS) is 21.0. The maximum Gasteiger partial charge on any atom is 0.253 e. The van der Waals surface area contributed by atoms with E-state index >= 15 is 0 Å². The summed E-state index contributed by atoms with van der Waals surface area (Å²) in [5.74, 6) is 2.72. The van der Waals surface area contributed by atoms with Crippen molar-refractivity contribution in [3.05, 3.63) is 30.3 Å². The molecule has 3 rings (SSSR count). The number of thioether (sulfide) groups is 1. The first-order chi connectivity index (χ1) is 12.2. The van der Waals surface area contributed by atoms with Crippen LogP contribution in [0.3, 0.4) is 0 Å². The molecule has 0 N–H and O–H groups in total. The topological polar surface area (TPSA) is 59.1 Å². The molecule has 2 amide bonds. The largest absolute Gasteiger partial charge is 0.493 e. The fourth-order valence-electron chi connectivity index (χ4n) is 2.94. The van der Waals surface area contributed by atoms with Crippen LogP contribution in [0.25, 0.3) is 0 Å². The van der Waals surface area contributed by atoms with Crippen LogP contribution < -0.4 is 4.74 Å². The zero-order valence-electron chi connectivity index (χ0n) is 14.3. The second-order valence-corrected chi connectivity index (χ2v) is 7.27. The van der Waals surface area contributed by atoms with Crippen molar-refractivity contribution in [1.82, 2.24) is 9.80 Å². The third kappa shape index (κ3) is 5.12. The molecule has 2 heterocycles. The van der Waals surface area contributed by atoms with Crippen LogP contribution >= 0.6 is 11.8 Å². The Hall–Kier alpha value is -1.73. The number of para-hydroxylation sites is 1. The van der Waals surface area contributed by atoms with Gasteiger partial charge in [0, 0.05) is 31.1 Å². The van der Waals surface area contributed by atoms with Crippen molar-refractivity contribution in [3.8, 4) is 5.75 Å². The first-order valence-corrected chi connectivity index (χ1v) is 9.83. The number of nitrogens with zero attached hydrogens (tertiary/aromatic N) is 2. The van der Waals surface area contributed by atoms with Gasteiger partial charge in [-0.2, -0.15) is 11.8 Å². The van der Waals surface area contributed by atoms with E-state index in [0.717, 1.165) is 30.3 Å². The number of amides is 2. The van der Waals surface area contributed by atoms with Gasteiger partial charge in [-0.15, -0.1) is 0 Å². The van der Waals surface area contributed by atoms with Gasteiger partial charge in [-0.3, -0.25) is 9.59 Å². The summed E-state index contributed by atoms with van der Waals surface area (Å²) in [6.45, 7) is 3.15. The molecule has 136 valence electrons. The van der Waals surface area contributed by atoms with Crippen molar-refractivity contribution >= 4 is 23.6 Å². The predicted molar refractivity (Wildman–Crippen MR) is 96.8 cm³/mol. The minimum Gasteiger partial charge on any atom is -0.493 e. The lowest BCUT2D eigenvalue weighted by molar-refractivity contribution is -0.154. The van der Waals surface area contributed by atoms with Crippen molar-refractivity contribution in [2.75, 3.05) is 50.9 Å². The molecule has 0 aliphatic carbocycles. The number of benzene rings is 1. The van der Waals surface area contributed by atoms with Gasteiger partial charge in [0.25, 0.3) is 5.91 Å². The van der Waals surface area contributed by atoms with E-state index in [-0.39, 0.29) is 11.8 Å². The molecule has 0 aromatic heterocycles. The molecule has 2 fully saturated rings. The van der Waals surface area contributed by atoms with Crippen LogP contribution in [0.4, 0.5) is 0 Å². The summed E-state index contributed by atoms with van der Waals surface area (Å²) in [6.07, 6.45) is -0.230. The number of carbonyl (C=O) groups is 2. The van der Waals surface area contributed by atoms with E-state index < -0.39 is 6.10 Å². The molecule has 1 aromatic rings. The maximum atomic E-state index is 12.5. The molecule has 6 nitrogen and oxygen atoms in total. The van der Waals surface area contributed by atoms with Crippen molar-refractivity contribution in [2.24, 2.45) is 0 Å². The number of ether oxygens (including phenoxy) is 2. The van der Waals surface area contributed by atoms with Crippen molar-refractivity contribution in [3.63, 3.8) is 0 Å². The highest BCUT2D eigenvalue weighted by Gasteiger charge is 2.32. The Balaban J connectivity index is 1.45. The van der Waals surface area contributed by atoms with E-state index in [4.69, 9.17) is 9.47 Å². The number of morpholine rings is 1. The molecule has 0 bridgehead atoms. The zero-order chi connectivity index (χ0) is 17.5. The van der Waals surface area contributed by atoms with Crippen molar-refractivity contribution < 1.29 is 19.1 Å². The summed E-state index contributed by atoms with van der Waals surface area (Å²) >= 11 is 1.86. The first kappa shape index (κ1) is 18.1. The summed E-state index contributed by atoms with van der Waals surface area (Å²) in [4.78, 5) is 28.5. The van der Waals surface area contributed by atoms with Gasteiger partial charge < -0.3 is 19.3 Å². The molecular weight excluding hydrogens is 340 g/mol. The Labute approximate surface area is 152 Å². The fourth-order valence-corrected chi connectivity index (χ4v) is 3.85. The molecule has 0 saturated carbocycles. The third-order valence-electron chi connectivity index (χ3n) is 4.35. The van der Waals surface area contributed by atoms with Gasteiger partial charge in [-0.05, 0) is 12.1 Å². The molecule has 0 unspecified atom stereocenters. The summed E-state index contributed by atoms with van der Waals surface area (Å²) in [7, 11) is 0. The Morgan fingerprint density at radius 1 is 1.12 bits per heavy atom. The highest BCUT2D eigenvalue weighted by atomic mass is 32.2. The summed E-state index contributed by atoms with van der Waals surface area (Å²) in [5, 5.41) is 0. The minimum absolute atomic E-state index is 0.00577. The van der Waals surface area contributed by atoms with Gasteiger partial charge in [-0.1, -0.05) is 18.2 Å². The molecule has 2 aliphatic heterocycles. The van der Waals surface area contributed by atoms with E-state index in [1.165, 1.54) is 0 Å². The summed E-state index contributed by atoms with van der Waals surface area (Å²) in [5.41, 5.74) is 0. The monoisotopic (exact) mass is 364 g/mol. The lowest BCUT2D eigenvalue weighted by Gasteiger charge is -2.36. The molecular formula is C18H24N2O4S. The smallest absolute Gasteiger partial charge is 0.253 e. The van der Waals surface area contributed by atoms with Gasteiger partial charge in [0.1, 0.15) is 5.75 Å². The van der Waals surface area contributed by atoms with Crippen LogP contribution in [0.2, 0.25) is 0 Å². The van der Waals surface area contributed by atoms with Gasteiger partial charge in [0.15, 0.2) is 6.10 Å². The van der Waals surface area contributed by atoms with Crippen LogP contribution in [0, 0.1) is 0 Å². The Bertz CT molecular complexity index is 578. The summed E-state index contributed by atoms with van der Waals surface area (Å²) in [6, 6.07) is 9.45. The van der Waals surface area contributed by atoms with E-state index in [2.05, 4.69) is 0 Å². The van der Waals surface area contributed by atoms with Crippen molar-refractivity contribution in [2.45, 2.75) is 12.5 Å². The van der Waals surface area contributed by atoms with E-state index in [1.807, 2.05) is 47.0 Å². The predicted octanol–water partition coefficient (Wildman–Crippen LogP) is 1.26. The molecule has 25 heavy (non-hydrogen) atoms. The average molecular weight is 364 g/mol. The SMILES string of the molecule is O=C(CCOc1ccccc1)N1CCO[C@@H](C(=O)N2CCSCC2)C1. The van der Waals surface area contributed by atoms with E-state index in [0.29, 0.717) is 32.7 Å². The van der Waals surface area contributed by atoms with Gasteiger partial charge in [-0.25, -0.2) is 0 Å². The molecule has 0 spiro atoms. The number of rotatable bonds is 5. The van der Waals surface area contributed by atoms with Crippen molar-refractivity contribution in [1.29, 1.82) is 0 Å². The Morgan fingerprint density at radius 2 is 1.88 bits per heavy atom. The standard InChI is InChI=1S/C18H24N2O4S/c21-17(6-10-23-15-4-2-1-3-5-15)20-7-11-24-16(14-20)18(22)19-8-12-25-13-9-19/h1-5,16H,6-14H2/t16-/m1/s1. The highest BCUT2D eigenvalue weighted by molar-refractivity contribution is 7.99. The van der Waals surface area contributed by atoms with Gasteiger partial charge in [0.2, 0.25) is 5.91 Å². The zero-order valence-corrected chi connectivity index (χ0v) is 15.1. The van der Waals surface area contributed by atoms with Crippen LogP contribution in [0.5, 0.6) is 5.75 Å². The van der Waals surface area contributed by atoms with Gasteiger partial charge in [0.05, 0.1) is 26.2 Å². The number of hydrogen-bond donors (Lipinski definition) is 0. The lowest BCUT2D eigenvalue weighted by Crippen LogP contribution is -2.54. The van der Waals surface area contributed by atoms with Gasteiger partial charge >= 0.3 is 0 Å². The fraction of sp³-hybridized carbons (Fsp3) is 0.556. The van der Waals surface area contributed by atoms with Crippen LogP contribution in [0.1, 0.15) is 6.42 Å². The number of hydrogen-bond acceptors (Lipinski definition) is 5. The lowest BCUT2D eigenvalue weighted by atomic mass is 10.2. The first-order valence-electron chi connectivity index (χ1n) is 8.68. The van der Waals surface area contributed by atoms with Crippen LogP contribution in [-0.4, -0.2) is 78.6 Å². The average Bonchev–Trinajstić information content (AvgIpc) is 2.69. The maximum absolute atomic E-state index is 12.5. The Morgan fingerprint density at radius 3 is 2.64 bits per heavy atom. The molecule has 1 atom stereocenters. The molecule has 2 aliphatic rings. The minimum atomic E-state index is -0.532. The van der Waals surface area contributed by atoms with E-state index in [9.17, 15) is 9.59 Å². The third-order valence-corrected chi connectivity index (χ3v) is 5.29. The molecule has 7 heteroatoms. The highest BCUT2D eigenvalue weighted by Crippen LogP contribution is 2.15. The van der Waals surface area contributed by atoms with E-state index in [1.54, 1.807) is 4.90 Å². The summed E-state index contributed by atoms with van der Waals surface area (Å²) < 4.78 is 11.2. The number of carbonyl (C=O) groups excluding carboxylic acids is 2. The quantitative estimate of drug-likeness (QED) is 0.787. The van der Waals surface area contributed by atoms with Crippen LogP contribution in [-0.2, 0) is 14.3 Å². The second kappa shape index (κ2) is 9.10. The Kier molecular flexibility index (Phi) is 6.58. The molecule has 2 saturated heterocycles. The second-order valence-electron chi connectivity index (χ2n) is 6.05. The van der Waals surface area contributed by atoms with Crippen LogP contribution in [0.15, 0.2) is 30.3 Å².